The molecular weight excluding hydrogens is 392 g/mol. The maximum Gasteiger partial charge on any atom is 0.141 e. The van der Waals surface area contributed by atoms with E-state index in [1.807, 2.05) is 12.1 Å². The molecule has 0 aliphatic carbocycles. The van der Waals surface area contributed by atoms with E-state index in [9.17, 15) is 15.3 Å². The molecule has 0 unspecified atom stereocenters. The fourth-order valence-corrected chi connectivity index (χ4v) is 3.52. The highest BCUT2D eigenvalue weighted by atomic mass is 16.3. The molecule has 0 bridgehead atoms. The normalized spacial score (nSPS) is 11.0. The second-order valence-corrected chi connectivity index (χ2v) is 7.03. The summed E-state index contributed by atoms with van der Waals surface area (Å²) >= 11 is 0. The molecule has 0 amide bonds. The number of imidazole rings is 2. The van der Waals surface area contributed by atoms with Crippen molar-refractivity contribution in [3.63, 3.8) is 0 Å². The first-order valence-electron chi connectivity index (χ1n) is 9.61. The molecule has 5 N–H and O–H groups in total. The van der Waals surface area contributed by atoms with Crippen LogP contribution >= 0.6 is 0 Å². The van der Waals surface area contributed by atoms with Crippen LogP contribution in [0, 0.1) is 0 Å². The smallest absolute Gasteiger partial charge is 0.141 e. The van der Waals surface area contributed by atoms with Crippen molar-refractivity contribution in [3.8, 4) is 62.5 Å². The number of aromatic amines is 2. The van der Waals surface area contributed by atoms with Gasteiger partial charge in [-0.25, -0.2) is 9.97 Å². The Balaban J connectivity index is 1.53. The first-order valence-corrected chi connectivity index (χ1v) is 9.61. The first-order chi connectivity index (χ1) is 15.1. The molecular formula is C24H18N4O3. The van der Waals surface area contributed by atoms with Crippen LogP contribution in [0.2, 0.25) is 0 Å². The van der Waals surface area contributed by atoms with Gasteiger partial charge in [-0.2, -0.15) is 0 Å². The largest absolute Gasteiger partial charge is 0.507 e. The number of nitrogens with one attached hydrogen (secondary N) is 2. The number of nitrogens with zero attached hydrogens (tertiary/aromatic N) is 2. The Morgan fingerprint density at radius 3 is 1.39 bits per heavy atom. The van der Waals surface area contributed by atoms with Crippen LogP contribution in [0.1, 0.15) is 0 Å². The van der Waals surface area contributed by atoms with E-state index in [1.165, 1.54) is 0 Å². The summed E-state index contributed by atoms with van der Waals surface area (Å²) in [6.45, 7) is 0. The summed E-state index contributed by atoms with van der Waals surface area (Å²) in [4.78, 5) is 15.0. The van der Waals surface area contributed by atoms with Gasteiger partial charge in [0.15, 0.2) is 0 Å². The number of phenols is 3. The predicted octanol–water partition coefficient (Wildman–Crippen LogP) is 4.92. The highest BCUT2D eigenvalue weighted by molar-refractivity contribution is 5.79. The van der Waals surface area contributed by atoms with Gasteiger partial charge in [0.2, 0.25) is 0 Å². The van der Waals surface area contributed by atoms with Crippen LogP contribution in [-0.2, 0) is 0 Å². The SMILES string of the molecule is Oc1ccccc1-c1cnc(-c2cccc(-c3ncc(-c4ccccc4O)[nH]3)c2O)[nH]1. The molecule has 0 fully saturated rings. The number of para-hydroxylation sites is 3. The van der Waals surface area contributed by atoms with Crippen molar-refractivity contribution >= 4 is 0 Å². The summed E-state index contributed by atoms with van der Waals surface area (Å²) < 4.78 is 0. The van der Waals surface area contributed by atoms with Gasteiger partial charge in [0.25, 0.3) is 0 Å². The highest BCUT2D eigenvalue weighted by Gasteiger charge is 2.17. The molecule has 5 rings (SSSR count). The minimum absolute atomic E-state index is 0.0128. The molecule has 152 valence electrons. The number of hydrogen-bond donors (Lipinski definition) is 5. The molecule has 0 aliphatic heterocycles. The summed E-state index contributed by atoms with van der Waals surface area (Å²) in [5, 5.41) is 31.1. The van der Waals surface area contributed by atoms with E-state index in [2.05, 4.69) is 19.9 Å². The standard InChI is InChI=1S/C24H18N4O3/c29-20-10-3-1-6-14(20)18-12-25-23(27-18)16-8-5-9-17(22(16)31)24-26-13-19(28-24)15-7-2-4-11-21(15)30/h1-13,29-31H,(H,25,27)(H,26,28). The summed E-state index contributed by atoms with van der Waals surface area (Å²) in [7, 11) is 0. The molecule has 0 radical (unpaired) electrons. The van der Waals surface area contributed by atoms with E-state index < -0.39 is 0 Å². The lowest BCUT2D eigenvalue weighted by molar-refractivity contribution is 0.476. The minimum Gasteiger partial charge on any atom is -0.507 e. The zero-order valence-corrected chi connectivity index (χ0v) is 16.2. The summed E-state index contributed by atoms with van der Waals surface area (Å²) in [6, 6.07) is 19.2. The molecule has 0 saturated carbocycles. The van der Waals surface area contributed by atoms with Crippen LogP contribution < -0.4 is 0 Å². The molecule has 3 aromatic carbocycles. The Morgan fingerprint density at radius 1 is 0.516 bits per heavy atom. The van der Waals surface area contributed by atoms with E-state index in [4.69, 9.17) is 0 Å². The van der Waals surface area contributed by atoms with Crippen LogP contribution in [-0.4, -0.2) is 35.3 Å². The second kappa shape index (κ2) is 7.38. The van der Waals surface area contributed by atoms with Gasteiger partial charge in [-0.3, -0.25) is 0 Å². The van der Waals surface area contributed by atoms with Gasteiger partial charge in [0, 0.05) is 11.1 Å². The van der Waals surface area contributed by atoms with Crippen LogP contribution in [0.15, 0.2) is 79.1 Å². The molecule has 0 spiro atoms. The maximum atomic E-state index is 10.9. The van der Waals surface area contributed by atoms with Crippen LogP contribution in [0.25, 0.3) is 45.3 Å². The van der Waals surface area contributed by atoms with Crippen molar-refractivity contribution < 1.29 is 15.3 Å². The van der Waals surface area contributed by atoms with Gasteiger partial charge in [-0.05, 0) is 36.4 Å². The lowest BCUT2D eigenvalue weighted by Gasteiger charge is -2.07. The zero-order chi connectivity index (χ0) is 21.4. The Kier molecular flexibility index (Phi) is 4.41. The summed E-state index contributed by atoms with van der Waals surface area (Å²) in [5.41, 5.74) is 3.51. The van der Waals surface area contributed by atoms with Gasteiger partial charge in [-0.15, -0.1) is 0 Å². The van der Waals surface area contributed by atoms with Crippen molar-refractivity contribution in [2.45, 2.75) is 0 Å². The predicted molar refractivity (Wildman–Crippen MR) is 117 cm³/mol. The number of aromatic hydroxyl groups is 3. The third kappa shape index (κ3) is 3.28. The van der Waals surface area contributed by atoms with Crippen LogP contribution in [0.5, 0.6) is 17.2 Å². The lowest BCUT2D eigenvalue weighted by Crippen LogP contribution is -1.88. The lowest BCUT2D eigenvalue weighted by atomic mass is 10.1. The highest BCUT2D eigenvalue weighted by Crippen LogP contribution is 2.38. The van der Waals surface area contributed by atoms with Crippen LogP contribution in [0.4, 0.5) is 0 Å². The Morgan fingerprint density at radius 2 is 0.935 bits per heavy atom. The first kappa shape index (κ1) is 18.5. The van der Waals surface area contributed by atoms with Gasteiger partial charge in [-0.1, -0.05) is 30.3 Å². The van der Waals surface area contributed by atoms with Gasteiger partial charge >= 0.3 is 0 Å². The average Bonchev–Trinajstić information content (AvgIpc) is 3.45. The van der Waals surface area contributed by atoms with Crippen molar-refractivity contribution in [2.24, 2.45) is 0 Å². The number of phenolic OH excluding ortho intramolecular Hbond substituents is 3. The summed E-state index contributed by atoms with van der Waals surface area (Å²) in [5.74, 6) is 1.22. The van der Waals surface area contributed by atoms with E-state index >= 15 is 0 Å². The van der Waals surface area contributed by atoms with Gasteiger partial charge in [0.05, 0.1) is 34.9 Å². The Labute approximate surface area is 177 Å². The molecule has 2 heterocycles. The minimum atomic E-state index is 0.0128. The Bertz CT molecular complexity index is 1290. The second-order valence-electron chi connectivity index (χ2n) is 7.03. The van der Waals surface area contributed by atoms with Crippen molar-refractivity contribution in [2.75, 3.05) is 0 Å². The molecule has 0 atom stereocenters. The average molecular weight is 410 g/mol. The molecule has 2 aromatic heterocycles. The third-order valence-electron chi connectivity index (χ3n) is 5.09. The third-order valence-corrected chi connectivity index (χ3v) is 5.09. The molecule has 0 aliphatic rings. The topological polar surface area (TPSA) is 118 Å². The summed E-state index contributed by atoms with van der Waals surface area (Å²) in [6.07, 6.45) is 3.22. The Hall–Kier alpha value is -4.52. The van der Waals surface area contributed by atoms with Crippen molar-refractivity contribution in [1.29, 1.82) is 0 Å². The van der Waals surface area contributed by atoms with Crippen molar-refractivity contribution in [3.05, 3.63) is 79.1 Å². The van der Waals surface area contributed by atoms with Gasteiger partial charge in [0.1, 0.15) is 28.9 Å². The van der Waals surface area contributed by atoms with E-state index in [1.54, 1.807) is 67.0 Å². The number of aromatic nitrogens is 4. The fourth-order valence-electron chi connectivity index (χ4n) is 3.52. The fraction of sp³-hybridized carbons (Fsp3) is 0. The quantitative estimate of drug-likeness (QED) is 0.288. The molecule has 31 heavy (non-hydrogen) atoms. The number of rotatable bonds is 4. The van der Waals surface area contributed by atoms with Gasteiger partial charge < -0.3 is 25.3 Å². The maximum absolute atomic E-state index is 10.9. The molecule has 7 heteroatoms. The number of hydrogen-bond acceptors (Lipinski definition) is 5. The van der Waals surface area contributed by atoms with Crippen LogP contribution in [0.3, 0.4) is 0 Å². The van der Waals surface area contributed by atoms with Crippen molar-refractivity contribution in [1.82, 2.24) is 19.9 Å². The zero-order valence-electron chi connectivity index (χ0n) is 16.2. The molecule has 0 saturated heterocycles. The molecule has 7 nitrogen and oxygen atoms in total. The molecule has 5 aromatic rings. The van der Waals surface area contributed by atoms with E-state index in [0.29, 0.717) is 45.3 Å². The van der Waals surface area contributed by atoms with E-state index in [-0.39, 0.29) is 17.2 Å². The van der Waals surface area contributed by atoms with E-state index in [0.717, 1.165) is 0 Å². The number of H-pyrrole nitrogens is 2. The number of benzene rings is 3. The monoisotopic (exact) mass is 410 g/mol.